The summed E-state index contributed by atoms with van der Waals surface area (Å²) in [4.78, 5) is 30.7. The number of hydrogen-bond donors (Lipinski definition) is 2. The smallest absolute Gasteiger partial charge is 0.253 e. The van der Waals surface area contributed by atoms with Crippen LogP contribution in [-0.2, 0) is 9.53 Å². The Balaban J connectivity index is 1.91. The van der Waals surface area contributed by atoms with Crippen LogP contribution in [0.1, 0.15) is 37.6 Å². The molecule has 2 rings (SSSR count). The van der Waals surface area contributed by atoms with E-state index in [0.29, 0.717) is 18.8 Å². The summed E-state index contributed by atoms with van der Waals surface area (Å²) in [6.07, 6.45) is 2.39. The molecule has 1 aliphatic rings. The summed E-state index contributed by atoms with van der Waals surface area (Å²) in [5, 5.41) is 5.55. The molecule has 0 unspecified atom stereocenters. The second kappa shape index (κ2) is 8.63. The van der Waals surface area contributed by atoms with Crippen molar-refractivity contribution in [2.24, 2.45) is 0 Å². The molecule has 132 valence electrons. The maximum absolute atomic E-state index is 12.2. The number of nitrogens with one attached hydrogen (secondary N) is 2. The molecule has 0 spiro atoms. The topological polar surface area (TPSA) is 83.6 Å². The molecule has 1 aliphatic heterocycles. The lowest BCUT2D eigenvalue weighted by molar-refractivity contribution is -0.123. The number of pyridine rings is 1. The molecule has 0 aromatic carbocycles. The highest BCUT2D eigenvalue weighted by atomic mass is 16.5. The van der Waals surface area contributed by atoms with E-state index in [1.165, 1.54) is 0 Å². The highest BCUT2D eigenvalue weighted by Crippen LogP contribution is 2.13. The zero-order chi connectivity index (χ0) is 17.5. The first kappa shape index (κ1) is 18.2. The molecule has 24 heavy (non-hydrogen) atoms. The molecule has 1 fully saturated rings. The molecule has 1 aromatic rings. The van der Waals surface area contributed by atoms with E-state index in [0.717, 1.165) is 25.3 Å². The molecule has 7 heteroatoms. The molecule has 7 nitrogen and oxygen atoms in total. The van der Waals surface area contributed by atoms with Gasteiger partial charge in [0, 0.05) is 25.3 Å². The largest absolute Gasteiger partial charge is 0.378 e. The van der Waals surface area contributed by atoms with Gasteiger partial charge in [-0.1, -0.05) is 6.92 Å². The van der Waals surface area contributed by atoms with E-state index in [1.807, 2.05) is 19.9 Å². The monoisotopic (exact) mass is 334 g/mol. The lowest BCUT2D eigenvalue weighted by Crippen LogP contribution is -2.47. The van der Waals surface area contributed by atoms with Crippen molar-refractivity contribution in [2.45, 2.75) is 39.3 Å². The van der Waals surface area contributed by atoms with Crippen LogP contribution in [0.3, 0.4) is 0 Å². The van der Waals surface area contributed by atoms with Crippen LogP contribution in [0.5, 0.6) is 0 Å². The third kappa shape index (κ3) is 4.92. The first-order chi connectivity index (χ1) is 11.5. The van der Waals surface area contributed by atoms with E-state index in [9.17, 15) is 9.59 Å². The lowest BCUT2D eigenvalue weighted by Gasteiger charge is -2.27. The average Bonchev–Trinajstić information content (AvgIpc) is 2.62. The third-order valence-corrected chi connectivity index (χ3v) is 4.09. The van der Waals surface area contributed by atoms with E-state index in [4.69, 9.17) is 4.74 Å². The molecule has 2 atom stereocenters. The number of anilines is 1. The summed E-state index contributed by atoms with van der Waals surface area (Å²) in [7, 11) is 0. The standard InChI is InChI=1S/C17H26N4O3/c1-4-12(2)19-16(22)13(3)20-17(23)14-5-6-15(18-11-14)21-7-9-24-10-8-21/h5-6,11-13H,4,7-10H2,1-3H3,(H,19,22)(H,20,23)/t12-,13+/m1/s1. The molecule has 0 aliphatic carbocycles. The molecule has 0 bridgehead atoms. The van der Waals surface area contributed by atoms with Gasteiger partial charge in [-0.15, -0.1) is 0 Å². The SMILES string of the molecule is CC[C@@H](C)NC(=O)[C@H](C)NC(=O)c1ccc(N2CCOCC2)nc1. The van der Waals surface area contributed by atoms with E-state index in [1.54, 1.807) is 19.2 Å². The van der Waals surface area contributed by atoms with Crippen LogP contribution in [0.2, 0.25) is 0 Å². The Morgan fingerprint density at radius 3 is 2.54 bits per heavy atom. The second-order valence-corrected chi connectivity index (χ2v) is 6.02. The summed E-state index contributed by atoms with van der Waals surface area (Å²) < 4.78 is 5.31. The first-order valence-electron chi connectivity index (χ1n) is 8.41. The van der Waals surface area contributed by atoms with Crippen LogP contribution in [0.15, 0.2) is 18.3 Å². The summed E-state index contributed by atoms with van der Waals surface area (Å²) >= 11 is 0. The van der Waals surface area contributed by atoms with Gasteiger partial charge in [0.15, 0.2) is 0 Å². The summed E-state index contributed by atoms with van der Waals surface area (Å²) in [5.74, 6) is 0.343. The van der Waals surface area contributed by atoms with E-state index >= 15 is 0 Å². The van der Waals surface area contributed by atoms with Crippen molar-refractivity contribution in [3.8, 4) is 0 Å². The highest BCUT2D eigenvalue weighted by Gasteiger charge is 2.18. The van der Waals surface area contributed by atoms with Crippen LogP contribution < -0.4 is 15.5 Å². The molecular weight excluding hydrogens is 308 g/mol. The Kier molecular flexibility index (Phi) is 6.54. The van der Waals surface area contributed by atoms with Crippen molar-refractivity contribution in [1.29, 1.82) is 0 Å². The summed E-state index contributed by atoms with van der Waals surface area (Å²) in [6, 6.07) is 3.05. The van der Waals surface area contributed by atoms with Gasteiger partial charge in [0.1, 0.15) is 11.9 Å². The van der Waals surface area contributed by atoms with Crippen molar-refractivity contribution in [2.75, 3.05) is 31.2 Å². The van der Waals surface area contributed by atoms with Crippen molar-refractivity contribution < 1.29 is 14.3 Å². The van der Waals surface area contributed by atoms with Gasteiger partial charge < -0.3 is 20.3 Å². The molecular formula is C17H26N4O3. The normalized spacial score (nSPS) is 17.0. The van der Waals surface area contributed by atoms with Gasteiger partial charge in [-0.2, -0.15) is 0 Å². The van der Waals surface area contributed by atoms with Gasteiger partial charge in [-0.25, -0.2) is 4.98 Å². The van der Waals surface area contributed by atoms with Crippen molar-refractivity contribution >= 4 is 17.6 Å². The molecule has 1 saturated heterocycles. The average molecular weight is 334 g/mol. The van der Waals surface area contributed by atoms with Crippen LogP contribution in [0, 0.1) is 0 Å². The van der Waals surface area contributed by atoms with Gasteiger partial charge in [0.2, 0.25) is 5.91 Å². The minimum Gasteiger partial charge on any atom is -0.378 e. The van der Waals surface area contributed by atoms with E-state index < -0.39 is 6.04 Å². The Morgan fingerprint density at radius 1 is 1.25 bits per heavy atom. The zero-order valence-electron chi connectivity index (χ0n) is 14.5. The second-order valence-electron chi connectivity index (χ2n) is 6.02. The highest BCUT2D eigenvalue weighted by molar-refractivity contribution is 5.97. The fourth-order valence-corrected chi connectivity index (χ4v) is 2.32. The summed E-state index contributed by atoms with van der Waals surface area (Å²) in [6.45, 7) is 8.57. The maximum Gasteiger partial charge on any atom is 0.253 e. The number of rotatable bonds is 6. The van der Waals surface area contributed by atoms with Crippen molar-refractivity contribution in [3.05, 3.63) is 23.9 Å². The van der Waals surface area contributed by atoms with Gasteiger partial charge in [0.25, 0.3) is 5.91 Å². The van der Waals surface area contributed by atoms with Crippen LogP contribution in [0.25, 0.3) is 0 Å². The Hall–Kier alpha value is -2.15. The van der Waals surface area contributed by atoms with Crippen LogP contribution in [-0.4, -0.2) is 55.2 Å². The minimum absolute atomic E-state index is 0.0892. The number of aromatic nitrogens is 1. The van der Waals surface area contributed by atoms with E-state index in [2.05, 4.69) is 20.5 Å². The first-order valence-corrected chi connectivity index (χ1v) is 8.41. The molecule has 2 N–H and O–H groups in total. The number of ether oxygens (including phenoxy) is 1. The third-order valence-electron chi connectivity index (χ3n) is 4.09. The van der Waals surface area contributed by atoms with Gasteiger partial charge in [0.05, 0.1) is 18.8 Å². The fraction of sp³-hybridized carbons (Fsp3) is 0.588. The number of hydrogen-bond acceptors (Lipinski definition) is 5. The number of carbonyl (C=O) groups is 2. The lowest BCUT2D eigenvalue weighted by atomic mass is 10.2. The maximum atomic E-state index is 12.2. The number of morpholine rings is 1. The molecule has 2 amide bonds. The van der Waals surface area contributed by atoms with Crippen LogP contribution >= 0.6 is 0 Å². The number of amides is 2. The molecule has 0 radical (unpaired) electrons. The minimum atomic E-state index is -0.592. The predicted molar refractivity (Wildman–Crippen MR) is 92.1 cm³/mol. The zero-order valence-corrected chi connectivity index (χ0v) is 14.5. The predicted octanol–water partition coefficient (Wildman–Crippen LogP) is 0.951. The quantitative estimate of drug-likeness (QED) is 0.809. The van der Waals surface area contributed by atoms with Gasteiger partial charge >= 0.3 is 0 Å². The fourth-order valence-electron chi connectivity index (χ4n) is 2.32. The summed E-state index contributed by atoms with van der Waals surface area (Å²) in [5.41, 5.74) is 0.440. The number of carbonyl (C=O) groups excluding carboxylic acids is 2. The number of nitrogens with zero attached hydrogens (tertiary/aromatic N) is 2. The van der Waals surface area contributed by atoms with Gasteiger partial charge in [-0.05, 0) is 32.4 Å². The molecule has 0 saturated carbocycles. The van der Waals surface area contributed by atoms with Crippen molar-refractivity contribution in [3.63, 3.8) is 0 Å². The van der Waals surface area contributed by atoms with Crippen LogP contribution in [0.4, 0.5) is 5.82 Å². The Bertz CT molecular complexity index is 555. The Morgan fingerprint density at radius 2 is 1.96 bits per heavy atom. The Labute approximate surface area is 142 Å². The molecule has 2 heterocycles. The van der Waals surface area contributed by atoms with Gasteiger partial charge in [-0.3, -0.25) is 9.59 Å². The van der Waals surface area contributed by atoms with E-state index in [-0.39, 0.29) is 17.9 Å². The molecule has 1 aromatic heterocycles. The van der Waals surface area contributed by atoms with Crippen molar-refractivity contribution in [1.82, 2.24) is 15.6 Å².